The molecule has 12 rings (SSSR count). The number of thiophene rings is 2. The molecule has 69 heavy (non-hydrogen) atoms. The van der Waals surface area contributed by atoms with Gasteiger partial charge in [0.05, 0.1) is 0 Å². The monoisotopic (exact) mass is 928 g/mol. The van der Waals surface area contributed by atoms with Gasteiger partial charge < -0.3 is 0 Å². The van der Waals surface area contributed by atoms with Crippen molar-refractivity contribution >= 4 is 73.8 Å². The summed E-state index contributed by atoms with van der Waals surface area (Å²) < 4.78 is 5.50. The lowest BCUT2D eigenvalue weighted by Gasteiger charge is -2.28. The Labute approximate surface area is 416 Å². The van der Waals surface area contributed by atoms with Crippen LogP contribution in [0.1, 0.15) is 112 Å². The van der Waals surface area contributed by atoms with Gasteiger partial charge >= 0.3 is 0 Å². The smallest absolute Gasteiger partial charge is 0.0358 e. The highest BCUT2D eigenvalue weighted by atomic mass is 32.1. The molecule has 3 unspecified atom stereocenters. The quantitative estimate of drug-likeness (QED) is 0.121. The predicted octanol–water partition coefficient (Wildman–Crippen LogP) is 19.2. The van der Waals surface area contributed by atoms with Crippen molar-refractivity contribution in [2.24, 2.45) is 0 Å². The third-order valence-corrected chi connectivity index (χ3v) is 18.7. The number of rotatable bonds is 11. The zero-order valence-electron chi connectivity index (χ0n) is 41.0. The van der Waals surface area contributed by atoms with Crippen LogP contribution in [0.25, 0.3) is 62.2 Å². The van der Waals surface area contributed by atoms with E-state index < -0.39 is 0 Å². The van der Waals surface area contributed by atoms with Crippen LogP contribution in [0.2, 0.25) is 0 Å². The second kappa shape index (κ2) is 17.3. The fraction of sp³-hybridized carbons (Fsp3) is 0.224. The van der Waals surface area contributed by atoms with E-state index in [0.29, 0.717) is 17.8 Å². The molecular formula is C67H60S2. The molecule has 0 spiro atoms. The summed E-state index contributed by atoms with van der Waals surface area (Å²) in [6, 6.07) is 66.0. The Balaban J connectivity index is 0.893. The summed E-state index contributed by atoms with van der Waals surface area (Å²) in [5.41, 5.74) is 19.7. The van der Waals surface area contributed by atoms with Crippen molar-refractivity contribution in [1.29, 1.82) is 0 Å². The van der Waals surface area contributed by atoms with E-state index in [2.05, 4.69) is 218 Å². The summed E-state index contributed by atoms with van der Waals surface area (Å²) in [6.07, 6.45) is 4.13. The summed E-state index contributed by atoms with van der Waals surface area (Å²) in [6.45, 7) is 16.4. The van der Waals surface area contributed by atoms with Gasteiger partial charge in [0.2, 0.25) is 0 Å². The second-order valence-corrected chi connectivity index (χ2v) is 23.2. The highest BCUT2D eigenvalue weighted by Crippen LogP contribution is 2.54. The molecule has 340 valence electrons. The topological polar surface area (TPSA) is 0 Å². The first-order valence-corrected chi connectivity index (χ1v) is 26.8. The molecule has 0 saturated carbocycles. The van der Waals surface area contributed by atoms with Crippen molar-refractivity contribution in [3.05, 3.63) is 237 Å². The van der Waals surface area contributed by atoms with Crippen molar-refractivity contribution < 1.29 is 0 Å². The number of hydrogen-bond donors (Lipinski definition) is 0. The van der Waals surface area contributed by atoms with E-state index in [4.69, 9.17) is 0 Å². The minimum absolute atomic E-state index is 0.147. The Hall–Kier alpha value is -6.32. The average molecular weight is 929 g/mol. The molecule has 2 heteroatoms. The largest absolute Gasteiger partial charge is 0.135 e. The molecule has 0 aliphatic heterocycles. The lowest BCUT2D eigenvalue weighted by molar-refractivity contribution is 0.570. The first-order chi connectivity index (χ1) is 33.5. The summed E-state index contributed by atoms with van der Waals surface area (Å²) >= 11 is 3.85. The van der Waals surface area contributed by atoms with Crippen LogP contribution in [0, 0.1) is 27.7 Å². The fourth-order valence-electron chi connectivity index (χ4n) is 12.1. The molecule has 0 bridgehead atoms. The SMILES string of the molecule is Cc1ccc(CC(c2ccc3c(c2)sc2ccccc23)C(C)c2ccc3c(c2)C(C)(C)c2cc(CCC(Cc4ccc5c(c4)sc4ccccc45)c4ccc(C)c(C)c4)c4ccccc4c2-3)cc1C. The van der Waals surface area contributed by atoms with Gasteiger partial charge in [-0.3, -0.25) is 0 Å². The molecule has 0 fully saturated rings. The first kappa shape index (κ1) is 43.9. The van der Waals surface area contributed by atoms with Gasteiger partial charge in [0.25, 0.3) is 0 Å². The Kier molecular flexibility index (Phi) is 11.0. The van der Waals surface area contributed by atoms with E-state index in [1.54, 1.807) is 0 Å². The summed E-state index contributed by atoms with van der Waals surface area (Å²) in [5, 5.41) is 8.26. The molecule has 0 amide bonds. The van der Waals surface area contributed by atoms with Crippen molar-refractivity contribution in [2.75, 3.05) is 0 Å². The van der Waals surface area contributed by atoms with Gasteiger partial charge in [-0.1, -0.05) is 166 Å². The second-order valence-electron chi connectivity index (χ2n) is 21.0. The minimum atomic E-state index is -0.147. The van der Waals surface area contributed by atoms with Gasteiger partial charge in [0.15, 0.2) is 0 Å². The van der Waals surface area contributed by atoms with Gasteiger partial charge in [-0.2, -0.15) is 0 Å². The van der Waals surface area contributed by atoms with Crippen molar-refractivity contribution in [3.8, 4) is 11.1 Å². The van der Waals surface area contributed by atoms with E-state index in [1.807, 2.05) is 22.7 Å². The van der Waals surface area contributed by atoms with Crippen molar-refractivity contribution in [2.45, 2.75) is 97.3 Å². The molecule has 1 aliphatic carbocycles. The summed E-state index contributed by atoms with van der Waals surface area (Å²) in [5.74, 6) is 1.02. The average Bonchev–Trinajstić information content (AvgIpc) is 4.00. The summed E-state index contributed by atoms with van der Waals surface area (Å²) in [7, 11) is 0. The van der Waals surface area contributed by atoms with Crippen LogP contribution in [0.4, 0.5) is 0 Å². The standard InChI is InChI=1S/C67H60S2/c1-40-20-22-45(32-42(40)3)35-59(51-28-30-56-54-16-11-13-19-63(54)69-65(56)39-51)44(5)47-27-31-58-60(37-47)67(6,7)61-38-50(52-14-8-9-17-57(52)66(58)61)26-25-49(48-24-21-41(2)43(4)33-48)34-46-23-29-55-53-15-10-12-18-62(53)68-64(55)36-46/h8-24,27-33,36-39,44,49,59H,25-26,34-35H2,1-7H3. The molecule has 1 aliphatic rings. The Bertz CT molecular complexity index is 3800. The van der Waals surface area contributed by atoms with E-state index in [0.717, 1.165) is 25.7 Å². The highest BCUT2D eigenvalue weighted by molar-refractivity contribution is 7.26. The number of fused-ring (bicyclic) bond motifs is 11. The third-order valence-electron chi connectivity index (χ3n) is 16.5. The van der Waals surface area contributed by atoms with Crippen LogP contribution in [-0.4, -0.2) is 0 Å². The van der Waals surface area contributed by atoms with Crippen LogP contribution in [0.3, 0.4) is 0 Å². The maximum atomic E-state index is 2.62. The van der Waals surface area contributed by atoms with E-state index in [-0.39, 0.29) is 5.41 Å². The molecule has 9 aromatic carbocycles. The van der Waals surface area contributed by atoms with Crippen molar-refractivity contribution in [3.63, 3.8) is 0 Å². The van der Waals surface area contributed by atoms with E-state index in [9.17, 15) is 0 Å². The normalized spacial score (nSPS) is 14.5. The predicted molar refractivity (Wildman–Crippen MR) is 302 cm³/mol. The van der Waals surface area contributed by atoms with Gasteiger partial charge in [-0.15, -0.1) is 22.7 Å². The minimum Gasteiger partial charge on any atom is -0.135 e. The molecule has 2 heterocycles. The van der Waals surface area contributed by atoms with Crippen LogP contribution >= 0.6 is 22.7 Å². The Morgan fingerprint density at radius 1 is 0.435 bits per heavy atom. The molecular weight excluding hydrogens is 869 g/mol. The Morgan fingerprint density at radius 2 is 1.00 bits per heavy atom. The molecule has 0 saturated heterocycles. The molecule has 0 radical (unpaired) electrons. The van der Waals surface area contributed by atoms with Crippen LogP contribution < -0.4 is 0 Å². The molecule has 0 N–H and O–H groups in total. The van der Waals surface area contributed by atoms with Crippen LogP contribution in [0.5, 0.6) is 0 Å². The van der Waals surface area contributed by atoms with E-state index in [1.165, 1.54) is 129 Å². The van der Waals surface area contributed by atoms with Gasteiger partial charge in [-0.25, -0.2) is 0 Å². The fourth-order valence-corrected chi connectivity index (χ4v) is 14.4. The lowest BCUT2D eigenvalue weighted by atomic mass is 9.76. The molecule has 0 nitrogen and oxygen atoms in total. The molecule has 2 aromatic heterocycles. The zero-order chi connectivity index (χ0) is 47.1. The molecule has 11 aromatic rings. The Morgan fingerprint density at radius 3 is 1.71 bits per heavy atom. The summed E-state index contributed by atoms with van der Waals surface area (Å²) in [4.78, 5) is 0. The lowest BCUT2D eigenvalue weighted by Crippen LogP contribution is -2.17. The van der Waals surface area contributed by atoms with Crippen LogP contribution in [-0.2, 0) is 24.7 Å². The van der Waals surface area contributed by atoms with Crippen molar-refractivity contribution in [1.82, 2.24) is 0 Å². The number of benzene rings is 9. The first-order valence-electron chi connectivity index (χ1n) is 25.1. The van der Waals surface area contributed by atoms with Gasteiger partial charge in [-0.05, 0) is 184 Å². The maximum Gasteiger partial charge on any atom is 0.0358 e. The van der Waals surface area contributed by atoms with E-state index >= 15 is 0 Å². The van der Waals surface area contributed by atoms with Gasteiger partial charge in [0, 0.05) is 45.8 Å². The molecule has 3 atom stereocenters. The zero-order valence-corrected chi connectivity index (χ0v) is 42.7. The van der Waals surface area contributed by atoms with Crippen LogP contribution in [0.15, 0.2) is 170 Å². The third kappa shape index (κ3) is 7.72. The number of aryl methyl sites for hydroxylation is 5. The van der Waals surface area contributed by atoms with Gasteiger partial charge in [0.1, 0.15) is 0 Å². The maximum absolute atomic E-state index is 2.62. The highest BCUT2D eigenvalue weighted by Gasteiger charge is 2.38. The number of hydrogen-bond acceptors (Lipinski definition) is 2.